The maximum absolute atomic E-state index is 6.11. The lowest BCUT2D eigenvalue weighted by molar-refractivity contribution is 0.380. The summed E-state index contributed by atoms with van der Waals surface area (Å²) in [5.41, 5.74) is 7.31. The molecule has 14 heavy (non-hydrogen) atoms. The van der Waals surface area contributed by atoms with Crippen LogP contribution < -0.4 is 5.73 Å². The average Bonchev–Trinajstić information content (AvgIpc) is 2.67. The van der Waals surface area contributed by atoms with Crippen molar-refractivity contribution in [1.82, 2.24) is 9.55 Å². The van der Waals surface area contributed by atoms with Crippen LogP contribution in [0.2, 0.25) is 0 Å². The Balaban J connectivity index is 2.12. The van der Waals surface area contributed by atoms with Gasteiger partial charge in [0.25, 0.3) is 0 Å². The van der Waals surface area contributed by atoms with Crippen molar-refractivity contribution >= 4 is 0 Å². The van der Waals surface area contributed by atoms with E-state index in [4.69, 9.17) is 5.73 Å². The van der Waals surface area contributed by atoms with Gasteiger partial charge in [0.05, 0.1) is 12.0 Å². The van der Waals surface area contributed by atoms with E-state index in [0.29, 0.717) is 12.0 Å². The summed E-state index contributed by atoms with van der Waals surface area (Å²) in [6.07, 6.45) is 9.02. The van der Waals surface area contributed by atoms with Crippen molar-refractivity contribution in [3.8, 4) is 0 Å². The molecule has 0 aliphatic heterocycles. The normalized spacial score (nSPS) is 27.9. The van der Waals surface area contributed by atoms with Gasteiger partial charge in [0.2, 0.25) is 0 Å². The molecule has 2 atom stereocenters. The number of imidazole rings is 1. The molecule has 78 valence electrons. The predicted octanol–water partition coefficient (Wildman–Crippen LogP) is 1.89. The molecule has 2 unspecified atom stereocenters. The molecule has 1 fully saturated rings. The van der Waals surface area contributed by atoms with Gasteiger partial charge < -0.3 is 10.3 Å². The fourth-order valence-corrected chi connectivity index (χ4v) is 2.27. The van der Waals surface area contributed by atoms with Crippen LogP contribution in [0.1, 0.15) is 44.2 Å². The third-order valence-corrected chi connectivity index (χ3v) is 3.22. The fourth-order valence-electron chi connectivity index (χ4n) is 2.27. The predicted molar refractivity (Wildman–Crippen MR) is 57.1 cm³/mol. The standard InChI is InChI=1S/C11H19N3/c1-2-14-7-11(13-8-14)9-5-3-4-6-10(9)12/h7-10H,2-6,12H2,1H3. The van der Waals surface area contributed by atoms with Crippen LogP contribution in [0.3, 0.4) is 0 Å². The quantitative estimate of drug-likeness (QED) is 0.779. The Morgan fingerprint density at radius 2 is 2.29 bits per heavy atom. The molecule has 0 spiro atoms. The van der Waals surface area contributed by atoms with Gasteiger partial charge in [0.1, 0.15) is 0 Å². The van der Waals surface area contributed by atoms with E-state index in [-0.39, 0.29) is 0 Å². The van der Waals surface area contributed by atoms with Crippen LogP contribution in [0.25, 0.3) is 0 Å². The summed E-state index contributed by atoms with van der Waals surface area (Å²) < 4.78 is 2.12. The summed E-state index contributed by atoms with van der Waals surface area (Å²) >= 11 is 0. The summed E-state index contributed by atoms with van der Waals surface area (Å²) in [5.74, 6) is 0.497. The van der Waals surface area contributed by atoms with Gasteiger partial charge in [-0.3, -0.25) is 0 Å². The van der Waals surface area contributed by atoms with Crippen molar-refractivity contribution in [3.05, 3.63) is 18.2 Å². The zero-order valence-corrected chi connectivity index (χ0v) is 8.82. The van der Waals surface area contributed by atoms with Gasteiger partial charge >= 0.3 is 0 Å². The summed E-state index contributed by atoms with van der Waals surface area (Å²) in [5, 5.41) is 0. The lowest BCUT2D eigenvalue weighted by Crippen LogP contribution is -2.31. The Labute approximate surface area is 85.3 Å². The van der Waals surface area contributed by atoms with Crippen molar-refractivity contribution in [2.75, 3.05) is 0 Å². The van der Waals surface area contributed by atoms with E-state index in [2.05, 4.69) is 22.7 Å². The van der Waals surface area contributed by atoms with Crippen LogP contribution >= 0.6 is 0 Å². The highest BCUT2D eigenvalue weighted by Crippen LogP contribution is 2.30. The minimum atomic E-state index is 0.323. The lowest BCUT2D eigenvalue weighted by Gasteiger charge is -2.26. The van der Waals surface area contributed by atoms with E-state index in [9.17, 15) is 0 Å². The molecule has 3 heteroatoms. The molecule has 1 saturated carbocycles. The maximum Gasteiger partial charge on any atom is 0.0949 e. The molecular formula is C11H19N3. The molecule has 1 aromatic rings. The number of nitrogens with zero attached hydrogens (tertiary/aromatic N) is 2. The van der Waals surface area contributed by atoms with Crippen LogP contribution in [0.5, 0.6) is 0 Å². The van der Waals surface area contributed by atoms with Crippen LogP contribution in [0.4, 0.5) is 0 Å². The molecule has 1 aliphatic carbocycles. The van der Waals surface area contributed by atoms with Crippen molar-refractivity contribution in [3.63, 3.8) is 0 Å². The van der Waals surface area contributed by atoms with Gasteiger partial charge in [-0.1, -0.05) is 12.8 Å². The van der Waals surface area contributed by atoms with Crippen LogP contribution in [-0.4, -0.2) is 15.6 Å². The zero-order chi connectivity index (χ0) is 9.97. The van der Waals surface area contributed by atoms with Crippen molar-refractivity contribution < 1.29 is 0 Å². The van der Waals surface area contributed by atoms with Crippen LogP contribution in [-0.2, 0) is 6.54 Å². The highest BCUT2D eigenvalue weighted by Gasteiger charge is 2.24. The molecule has 1 aromatic heterocycles. The second kappa shape index (κ2) is 4.13. The van der Waals surface area contributed by atoms with Gasteiger partial charge in [-0.05, 0) is 19.8 Å². The number of aryl methyl sites for hydroxylation is 1. The smallest absolute Gasteiger partial charge is 0.0949 e. The molecule has 0 amide bonds. The monoisotopic (exact) mass is 193 g/mol. The number of hydrogen-bond acceptors (Lipinski definition) is 2. The van der Waals surface area contributed by atoms with Crippen molar-refractivity contribution in [2.45, 2.75) is 51.1 Å². The van der Waals surface area contributed by atoms with Crippen molar-refractivity contribution in [2.24, 2.45) is 5.73 Å². The van der Waals surface area contributed by atoms with Gasteiger partial charge in [0.15, 0.2) is 0 Å². The second-order valence-electron chi connectivity index (χ2n) is 4.18. The first-order valence-electron chi connectivity index (χ1n) is 5.58. The Kier molecular flexibility index (Phi) is 2.87. The Bertz CT molecular complexity index is 292. The van der Waals surface area contributed by atoms with E-state index in [1.54, 1.807) is 0 Å². The summed E-state index contributed by atoms with van der Waals surface area (Å²) in [6, 6.07) is 0.323. The molecule has 3 nitrogen and oxygen atoms in total. The van der Waals surface area contributed by atoms with Gasteiger partial charge in [-0.15, -0.1) is 0 Å². The van der Waals surface area contributed by atoms with Gasteiger partial charge in [-0.25, -0.2) is 4.98 Å². The number of nitrogens with two attached hydrogens (primary N) is 1. The summed E-state index contributed by atoms with van der Waals surface area (Å²) in [7, 11) is 0. The second-order valence-corrected chi connectivity index (χ2v) is 4.18. The van der Waals surface area contributed by atoms with Crippen LogP contribution in [0, 0.1) is 0 Å². The SMILES string of the molecule is CCn1cnc(C2CCCCC2N)c1. The van der Waals surface area contributed by atoms with E-state index < -0.39 is 0 Å². The molecule has 2 N–H and O–H groups in total. The minimum Gasteiger partial charge on any atom is -0.337 e. The lowest BCUT2D eigenvalue weighted by atomic mass is 9.83. The molecule has 0 aromatic carbocycles. The average molecular weight is 193 g/mol. The fraction of sp³-hybridized carbons (Fsp3) is 0.727. The molecule has 1 heterocycles. The number of aromatic nitrogens is 2. The van der Waals surface area contributed by atoms with E-state index in [0.717, 1.165) is 13.0 Å². The summed E-state index contributed by atoms with van der Waals surface area (Å²) in [4.78, 5) is 4.44. The van der Waals surface area contributed by atoms with Crippen molar-refractivity contribution in [1.29, 1.82) is 0 Å². The minimum absolute atomic E-state index is 0.323. The largest absolute Gasteiger partial charge is 0.337 e. The molecule has 0 saturated heterocycles. The summed E-state index contributed by atoms with van der Waals surface area (Å²) in [6.45, 7) is 3.13. The highest BCUT2D eigenvalue weighted by molar-refractivity contribution is 5.09. The van der Waals surface area contributed by atoms with E-state index in [1.807, 2.05) is 6.33 Å². The Morgan fingerprint density at radius 3 is 2.93 bits per heavy atom. The third-order valence-electron chi connectivity index (χ3n) is 3.22. The van der Waals surface area contributed by atoms with E-state index >= 15 is 0 Å². The van der Waals surface area contributed by atoms with Gasteiger partial charge in [-0.2, -0.15) is 0 Å². The molecule has 0 bridgehead atoms. The first-order valence-corrected chi connectivity index (χ1v) is 5.58. The molecular weight excluding hydrogens is 174 g/mol. The third kappa shape index (κ3) is 1.82. The first-order chi connectivity index (χ1) is 6.81. The topological polar surface area (TPSA) is 43.8 Å². The molecule has 2 rings (SSSR count). The molecule has 0 radical (unpaired) electrons. The highest BCUT2D eigenvalue weighted by atomic mass is 15.0. The Morgan fingerprint density at radius 1 is 1.50 bits per heavy atom. The number of hydrogen-bond donors (Lipinski definition) is 1. The van der Waals surface area contributed by atoms with E-state index in [1.165, 1.54) is 25.0 Å². The number of rotatable bonds is 2. The maximum atomic E-state index is 6.11. The van der Waals surface area contributed by atoms with Crippen LogP contribution in [0.15, 0.2) is 12.5 Å². The Hall–Kier alpha value is -0.830. The molecule has 1 aliphatic rings. The zero-order valence-electron chi connectivity index (χ0n) is 8.82. The first kappa shape index (κ1) is 9.71. The van der Waals surface area contributed by atoms with Gasteiger partial charge in [0, 0.05) is 24.7 Å².